The Hall–Kier alpha value is -1.52. The molecular formula is C14H11Br2NO4. The van der Waals surface area contributed by atoms with Crippen molar-refractivity contribution in [1.82, 2.24) is 0 Å². The maximum atomic E-state index is 12.0. The summed E-state index contributed by atoms with van der Waals surface area (Å²) in [7, 11) is 0. The van der Waals surface area contributed by atoms with E-state index < -0.39 is 11.6 Å². The van der Waals surface area contributed by atoms with Crippen LogP contribution in [0.4, 0.5) is 0 Å². The Kier molecular flexibility index (Phi) is 4.04. The van der Waals surface area contributed by atoms with Crippen LogP contribution in [0.2, 0.25) is 0 Å². The van der Waals surface area contributed by atoms with Gasteiger partial charge in [-0.25, -0.2) is 4.79 Å². The van der Waals surface area contributed by atoms with Crippen molar-refractivity contribution in [2.75, 3.05) is 0 Å². The normalized spacial score (nSPS) is 11.4. The lowest BCUT2D eigenvalue weighted by molar-refractivity contribution is 0.00381. The summed E-state index contributed by atoms with van der Waals surface area (Å²) in [6, 6.07) is 3.39. The highest BCUT2D eigenvalue weighted by atomic mass is 79.9. The third-order valence-electron chi connectivity index (χ3n) is 2.54. The predicted octanol–water partition coefficient (Wildman–Crippen LogP) is 4.49. The summed E-state index contributed by atoms with van der Waals surface area (Å²) in [5.74, 6) is -0.919. The zero-order valence-corrected chi connectivity index (χ0v) is 14.6. The fourth-order valence-electron chi connectivity index (χ4n) is 1.71. The van der Waals surface area contributed by atoms with E-state index in [0.717, 1.165) is 0 Å². The molecule has 0 aliphatic heterocycles. The monoisotopic (exact) mass is 415 g/mol. The molecule has 0 saturated carbocycles. The molecule has 0 spiro atoms. The third-order valence-corrected chi connectivity index (χ3v) is 4.14. The largest absolute Gasteiger partial charge is 0.503 e. The van der Waals surface area contributed by atoms with Gasteiger partial charge >= 0.3 is 5.97 Å². The predicted molar refractivity (Wildman–Crippen MR) is 83.2 cm³/mol. The number of aromatic hydroxyl groups is 1. The topological polar surface area (TPSA) is 83.5 Å². The molecule has 0 aliphatic rings. The quantitative estimate of drug-likeness (QED) is 0.692. The molecule has 21 heavy (non-hydrogen) atoms. The van der Waals surface area contributed by atoms with Gasteiger partial charge in [0.1, 0.15) is 11.7 Å². The van der Waals surface area contributed by atoms with Crippen molar-refractivity contribution < 1.29 is 19.1 Å². The molecule has 0 bridgehead atoms. The molecule has 1 N–H and O–H groups in total. The standard InChI is InChI=1S/C14H11Br2NO4/c1-14(2,3)21-13(19)8-4-6-9(15)7(5-17)10(16)11(18)12(6)20-8/h4,18H,1-3H3. The summed E-state index contributed by atoms with van der Waals surface area (Å²) in [5, 5.41) is 19.6. The molecule has 0 saturated heterocycles. The highest BCUT2D eigenvalue weighted by Crippen LogP contribution is 2.42. The minimum Gasteiger partial charge on any atom is -0.503 e. The van der Waals surface area contributed by atoms with Crippen LogP contribution in [0, 0.1) is 11.3 Å². The fraction of sp³-hybridized carbons (Fsp3) is 0.286. The summed E-state index contributed by atoms with van der Waals surface area (Å²) < 4.78 is 11.2. The molecule has 2 aromatic rings. The number of nitrogens with zero attached hydrogens (tertiary/aromatic N) is 1. The number of phenolic OH excluding ortho intramolecular Hbond substituents is 1. The third kappa shape index (κ3) is 2.92. The van der Waals surface area contributed by atoms with Crippen LogP contribution in [-0.2, 0) is 4.74 Å². The Morgan fingerprint density at radius 2 is 2.00 bits per heavy atom. The SMILES string of the molecule is CC(C)(C)OC(=O)c1cc2c(Br)c(C#N)c(Br)c(O)c2o1. The van der Waals surface area contributed by atoms with E-state index in [2.05, 4.69) is 31.9 Å². The number of esters is 1. The van der Waals surface area contributed by atoms with Crippen LogP contribution in [0.25, 0.3) is 11.0 Å². The van der Waals surface area contributed by atoms with Crippen molar-refractivity contribution in [2.24, 2.45) is 0 Å². The van der Waals surface area contributed by atoms with Crippen LogP contribution in [-0.4, -0.2) is 16.7 Å². The van der Waals surface area contributed by atoms with Crippen molar-refractivity contribution in [3.05, 3.63) is 26.3 Å². The van der Waals surface area contributed by atoms with Gasteiger partial charge in [-0.15, -0.1) is 0 Å². The van der Waals surface area contributed by atoms with E-state index in [1.807, 2.05) is 6.07 Å². The molecule has 0 unspecified atom stereocenters. The second-order valence-electron chi connectivity index (χ2n) is 5.32. The minimum absolute atomic E-state index is 0.0436. The Labute approximate surface area is 137 Å². The average molecular weight is 417 g/mol. The van der Waals surface area contributed by atoms with Gasteiger partial charge in [0.15, 0.2) is 11.3 Å². The Balaban J connectivity index is 2.63. The van der Waals surface area contributed by atoms with E-state index in [-0.39, 0.29) is 27.1 Å². The van der Waals surface area contributed by atoms with Gasteiger partial charge in [0.25, 0.3) is 0 Å². The number of hydrogen-bond acceptors (Lipinski definition) is 5. The molecule has 0 aliphatic carbocycles. The average Bonchev–Trinajstić information content (AvgIpc) is 2.80. The number of fused-ring (bicyclic) bond motifs is 1. The Bertz CT molecular complexity index is 781. The maximum absolute atomic E-state index is 12.0. The highest BCUT2D eigenvalue weighted by molar-refractivity contribution is 9.11. The number of phenols is 1. The van der Waals surface area contributed by atoms with E-state index in [4.69, 9.17) is 14.4 Å². The molecule has 2 rings (SSSR count). The molecule has 1 aromatic carbocycles. The van der Waals surface area contributed by atoms with Crippen LogP contribution in [0.1, 0.15) is 36.9 Å². The van der Waals surface area contributed by atoms with Gasteiger partial charge in [0.2, 0.25) is 5.76 Å². The number of benzene rings is 1. The first kappa shape index (κ1) is 15.9. The maximum Gasteiger partial charge on any atom is 0.374 e. The summed E-state index contributed by atoms with van der Waals surface area (Å²) in [6.07, 6.45) is 0. The van der Waals surface area contributed by atoms with E-state index >= 15 is 0 Å². The van der Waals surface area contributed by atoms with E-state index in [0.29, 0.717) is 9.86 Å². The van der Waals surface area contributed by atoms with E-state index in [1.54, 1.807) is 20.8 Å². The zero-order chi connectivity index (χ0) is 15.9. The summed E-state index contributed by atoms with van der Waals surface area (Å²) in [6.45, 7) is 5.22. The van der Waals surface area contributed by atoms with Gasteiger partial charge in [0, 0.05) is 15.9 Å². The molecule has 110 valence electrons. The van der Waals surface area contributed by atoms with Crippen LogP contribution >= 0.6 is 31.9 Å². The Morgan fingerprint density at radius 1 is 1.38 bits per heavy atom. The number of ether oxygens (including phenoxy) is 1. The number of rotatable bonds is 1. The number of furan rings is 1. The molecule has 0 fully saturated rings. The number of nitriles is 1. The van der Waals surface area contributed by atoms with Crippen molar-refractivity contribution in [3.8, 4) is 11.8 Å². The number of hydrogen-bond donors (Lipinski definition) is 1. The van der Waals surface area contributed by atoms with Gasteiger partial charge in [-0.3, -0.25) is 0 Å². The van der Waals surface area contributed by atoms with Crippen molar-refractivity contribution >= 4 is 48.8 Å². The van der Waals surface area contributed by atoms with Gasteiger partial charge in [-0.1, -0.05) is 0 Å². The van der Waals surface area contributed by atoms with Gasteiger partial charge in [0.05, 0.1) is 10.0 Å². The summed E-state index contributed by atoms with van der Waals surface area (Å²) in [4.78, 5) is 12.0. The molecular weight excluding hydrogens is 406 g/mol. The first-order valence-corrected chi connectivity index (χ1v) is 7.51. The smallest absolute Gasteiger partial charge is 0.374 e. The lowest BCUT2D eigenvalue weighted by Crippen LogP contribution is -2.23. The molecule has 7 heteroatoms. The minimum atomic E-state index is -0.659. The first-order valence-electron chi connectivity index (χ1n) is 5.92. The zero-order valence-electron chi connectivity index (χ0n) is 11.5. The molecule has 5 nitrogen and oxygen atoms in total. The Morgan fingerprint density at radius 3 is 2.52 bits per heavy atom. The van der Waals surface area contributed by atoms with Crippen LogP contribution in [0.15, 0.2) is 19.4 Å². The number of carbonyl (C=O) groups is 1. The van der Waals surface area contributed by atoms with Crippen molar-refractivity contribution in [3.63, 3.8) is 0 Å². The van der Waals surface area contributed by atoms with Crippen LogP contribution in [0.5, 0.6) is 5.75 Å². The summed E-state index contributed by atoms with van der Waals surface area (Å²) in [5.41, 5.74) is -0.335. The molecule has 0 radical (unpaired) electrons. The first-order chi connectivity index (χ1) is 9.65. The van der Waals surface area contributed by atoms with Crippen LogP contribution in [0.3, 0.4) is 0 Å². The van der Waals surface area contributed by atoms with Crippen molar-refractivity contribution in [2.45, 2.75) is 26.4 Å². The van der Waals surface area contributed by atoms with Crippen LogP contribution < -0.4 is 0 Å². The lowest BCUT2D eigenvalue weighted by Gasteiger charge is -2.18. The number of halogens is 2. The van der Waals surface area contributed by atoms with Gasteiger partial charge < -0.3 is 14.3 Å². The van der Waals surface area contributed by atoms with Gasteiger partial charge in [-0.05, 0) is 52.6 Å². The summed E-state index contributed by atoms with van der Waals surface area (Å²) >= 11 is 6.40. The highest BCUT2D eigenvalue weighted by Gasteiger charge is 2.25. The van der Waals surface area contributed by atoms with E-state index in [9.17, 15) is 9.90 Å². The van der Waals surface area contributed by atoms with Gasteiger partial charge in [-0.2, -0.15) is 5.26 Å². The second kappa shape index (κ2) is 5.35. The second-order valence-corrected chi connectivity index (χ2v) is 6.90. The van der Waals surface area contributed by atoms with E-state index in [1.165, 1.54) is 6.07 Å². The molecule has 1 aromatic heterocycles. The lowest BCUT2D eigenvalue weighted by atomic mass is 10.1. The fourth-order valence-corrected chi connectivity index (χ4v) is 3.02. The number of carbonyl (C=O) groups excluding carboxylic acids is 1. The molecule has 0 atom stereocenters. The molecule has 1 heterocycles. The van der Waals surface area contributed by atoms with Crippen molar-refractivity contribution in [1.29, 1.82) is 5.26 Å². The molecule has 0 amide bonds.